The maximum Gasteiger partial charge on any atom is 0.0547 e. The van der Waals surface area contributed by atoms with Gasteiger partial charge in [-0.2, -0.15) is 0 Å². The molecule has 0 saturated carbocycles. The third kappa shape index (κ3) is 3.04. The molecule has 1 nitrogen and oxygen atoms in total. The van der Waals surface area contributed by atoms with E-state index in [2.05, 4.69) is 144 Å². The first kappa shape index (κ1) is 20.3. The van der Waals surface area contributed by atoms with Crippen LogP contribution in [-0.4, -0.2) is 4.57 Å². The summed E-state index contributed by atoms with van der Waals surface area (Å²) in [5, 5.41) is 10.2. The Morgan fingerprint density at radius 1 is 0.351 bits per heavy atom. The Balaban J connectivity index is 1.46. The highest BCUT2D eigenvalue weighted by Crippen LogP contribution is 2.39. The van der Waals surface area contributed by atoms with E-state index in [1.54, 1.807) is 0 Å². The van der Waals surface area contributed by atoms with E-state index in [1.165, 1.54) is 70.9 Å². The summed E-state index contributed by atoms with van der Waals surface area (Å²) < 4.78 is 2.44. The van der Waals surface area contributed by atoms with E-state index in [-0.39, 0.29) is 0 Å². The molecule has 37 heavy (non-hydrogen) atoms. The molecule has 7 aromatic carbocycles. The van der Waals surface area contributed by atoms with Crippen molar-refractivity contribution in [1.29, 1.82) is 0 Å². The second kappa shape index (κ2) is 7.81. The zero-order chi connectivity index (χ0) is 24.3. The van der Waals surface area contributed by atoms with Crippen molar-refractivity contribution in [1.82, 2.24) is 4.57 Å². The van der Waals surface area contributed by atoms with Crippen LogP contribution in [0.25, 0.3) is 70.9 Å². The minimum absolute atomic E-state index is 1.22. The lowest BCUT2D eigenvalue weighted by Gasteiger charge is -2.12. The summed E-state index contributed by atoms with van der Waals surface area (Å²) >= 11 is 0. The van der Waals surface area contributed by atoms with Gasteiger partial charge < -0.3 is 4.57 Å². The van der Waals surface area contributed by atoms with Gasteiger partial charge in [0.1, 0.15) is 0 Å². The molecule has 0 spiro atoms. The highest BCUT2D eigenvalue weighted by atomic mass is 15.0. The van der Waals surface area contributed by atoms with Crippen LogP contribution in [0.4, 0.5) is 0 Å². The number of nitrogens with zero attached hydrogens (tertiary/aromatic N) is 1. The highest BCUT2D eigenvalue weighted by molar-refractivity contribution is 6.22. The molecule has 0 aliphatic heterocycles. The Morgan fingerprint density at radius 3 is 1.86 bits per heavy atom. The lowest BCUT2D eigenvalue weighted by molar-refractivity contribution is 1.20. The normalized spacial score (nSPS) is 11.8. The molecule has 0 N–H and O–H groups in total. The number of rotatable bonds is 2. The summed E-state index contributed by atoms with van der Waals surface area (Å²) in [6.07, 6.45) is 0. The van der Waals surface area contributed by atoms with Crippen molar-refractivity contribution in [2.75, 3.05) is 0 Å². The predicted octanol–water partition coefficient (Wildman–Crippen LogP) is 9.91. The molecule has 8 rings (SSSR count). The van der Waals surface area contributed by atoms with Crippen LogP contribution >= 0.6 is 0 Å². The Bertz CT molecular complexity index is 2140. The summed E-state index contributed by atoms with van der Waals surface area (Å²) in [6.45, 7) is 0. The van der Waals surface area contributed by atoms with Gasteiger partial charge >= 0.3 is 0 Å². The molecule has 0 bridgehead atoms. The van der Waals surface area contributed by atoms with Gasteiger partial charge in [-0.1, -0.05) is 109 Å². The van der Waals surface area contributed by atoms with Gasteiger partial charge in [-0.15, -0.1) is 0 Å². The van der Waals surface area contributed by atoms with Crippen LogP contribution in [0.3, 0.4) is 0 Å². The third-order valence-electron chi connectivity index (χ3n) is 7.75. The van der Waals surface area contributed by atoms with E-state index in [0.29, 0.717) is 0 Å². The molecule has 8 aromatic rings. The molecule has 1 heterocycles. The summed E-state index contributed by atoms with van der Waals surface area (Å²) in [5.41, 5.74) is 6.18. The summed E-state index contributed by atoms with van der Waals surface area (Å²) in [5.74, 6) is 0. The van der Waals surface area contributed by atoms with Crippen LogP contribution in [-0.2, 0) is 0 Å². The number of benzene rings is 7. The fourth-order valence-corrected chi connectivity index (χ4v) is 6.00. The van der Waals surface area contributed by atoms with Crippen molar-refractivity contribution in [3.63, 3.8) is 0 Å². The third-order valence-corrected chi connectivity index (χ3v) is 7.75. The average molecular weight is 470 g/mol. The predicted molar refractivity (Wildman–Crippen MR) is 159 cm³/mol. The SMILES string of the molecule is c1ccc2cc(-c3ccc4ccc5c(c4c3)c3ccccc3n5-c3cccc4ccccc34)ccc2c1. The van der Waals surface area contributed by atoms with Crippen LogP contribution in [0.1, 0.15) is 0 Å². The second-order valence-electron chi connectivity index (χ2n) is 9.81. The van der Waals surface area contributed by atoms with E-state index in [1.807, 2.05) is 0 Å². The maximum atomic E-state index is 2.44. The summed E-state index contributed by atoms with van der Waals surface area (Å²) in [6, 6.07) is 50.8. The molecule has 0 aliphatic rings. The molecule has 1 aromatic heterocycles. The number of para-hydroxylation sites is 1. The first-order valence-electron chi connectivity index (χ1n) is 12.8. The van der Waals surface area contributed by atoms with Crippen LogP contribution < -0.4 is 0 Å². The lowest BCUT2D eigenvalue weighted by Crippen LogP contribution is -1.95. The Labute approximate surface area is 214 Å². The molecule has 0 saturated heterocycles. The number of fused-ring (bicyclic) bond motifs is 7. The summed E-state index contributed by atoms with van der Waals surface area (Å²) in [4.78, 5) is 0. The van der Waals surface area contributed by atoms with Crippen molar-refractivity contribution in [3.05, 3.63) is 140 Å². The van der Waals surface area contributed by atoms with Crippen LogP contribution in [0.15, 0.2) is 140 Å². The molecule has 1 heteroatoms. The Morgan fingerprint density at radius 2 is 0.973 bits per heavy atom. The van der Waals surface area contributed by atoms with E-state index in [9.17, 15) is 0 Å². The van der Waals surface area contributed by atoms with Gasteiger partial charge in [0.15, 0.2) is 0 Å². The van der Waals surface area contributed by atoms with Gasteiger partial charge in [0.25, 0.3) is 0 Å². The van der Waals surface area contributed by atoms with Gasteiger partial charge in [0, 0.05) is 16.2 Å². The van der Waals surface area contributed by atoms with Crippen molar-refractivity contribution in [3.8, 4) is 16.8 Å². The standard InChI is InChI=1S/C36H23N/c1-2-10-27-22-28(18-16-24(27)8-1)29-19-17-26-20-21-35-36(32(26)23-29)31-13-5-6-14-34(31)37(35)33-15-7-11-25-9-3-4-12-30(25)33/h1-23H. The second-order valence-corrected chi connectivity index (χ2v) is 9.81. The van der Waals surface area contributed by atoms with Gasteiger partial charge in [0.2, 0.25) is 0 Å². The van der Waals surface area contributed by atoms with Gasteiger partial charge in [-0.05, 0) is 68.4 Å². The Kier molecular flexibility index (Phi) is 4.29. The molecule has 0 radical (unpaired) electrons. The Hall–Kier alpha value is -4.88. The average Bonchev–Trinajstić information content (AvgIpc) is 3.31. The topological polar surface area (TPSA) is 4.93 Å². The molecule has 0 atom stereocenters. The highest BCUT2D eigenvalue weighted by Gasteiger charge is 2.16. The molecule has 0 amide bonds. The largest absolute Gasteiger partial charge is 0.309 e. The minimum atomic E-state index is 1.22. The smallest absolute Gasteiger partial charge is 0.0547 e. The van der Waals surface area contributed by atoms with Gasteiger partial charge in [-0.25, -0.2) is 0 Å². The van der Waals surface area contributed by atoms with E-state index < -0.39 is 0 Å². The monoisotopic (exact) mass is 469 g/mol. The maximum absolute atomic E-state index is 2.44. The number of hydrogen-bond acceptors (Lipinski definition) is 0. The number of aromatic nitrogens is 1. The van der Waals surface area contributed by atoms with Crippen LogP contribution in [0.5, 0.6) is 0 Å². The van der Waals surface area contributed by atoms with Gasteiger partial charge in [0.05, 0.1) is 16.7 Å². The molecule has 0 aliphatic carbocycles. The number of hydrogen-bond donors (Lipinski definition) is 0. The van der Waals surface area contributed by atoms with E-state index >= 15 is 0 Å². The minimum Gasteiger partial charge on any atom is -0.309 e. The van der Waals surface area contributed by atoms with E-state index in [4.69, 9.17) is 0 Å². The summed E-state index contributed by atoms with van der Waals surface area (Å²) in [7, 11) is 0. The molecule has 172 valence electrons. The van der Waals surface area contributed by atoms with Crippen LogP contribution in [0.2, 0.25) is 0 Å². The van der Waals surface area contributed by atoms with Crippen molar-refractivity contribution in [2.45, 2.75) is 0 Å². The van der Waals surface area contributed by atoms with Gasteiger partial charge in [-0.3, -0.25) is 0 Å². The quantitative estimate of drug-likeness (QED) is 0.237. The van der Waals surface area contributed by atoms with Crippen molar-refractivity contribution in [2.24, 2.45) is 0 Å². The first-order valence-corrected chi connectivity index (χ1v) is 12.8. The zero-order valence-corrected chi connectivity index (χ0v) is 20.2. The fraction of sp³-hybridized carbons (Fsp3) is 0. The van der Waals surface area contributed by atoms with Crippen LogP contribution in [0, 0.1) is 0 Å². The van der Waals surface area contributed by atoms with Crippen molar-refractivity contribution >= 4 is 54.1 Å². The lowest BCUT2D eigenvalue weighted by atomic mass is 9.96. The molecule has 0 fully saturated rings. The first-order chi connectivity index (χ1) is 18.3. The molecule has 0 unspecified atom stereocenters. The zero-order valence-electron chi connectivity index (χ0n) is 20.2. The van der Waals surface area contributed by atoms with E-state index in [0.717, 1.165) is 0 Å². The van der Waals surface area contributed by atoms with Crippen molar-refractivity contribution < 1.29 is 0 Å². The molecular weight excluding hydrogens is 446 g/mol. The fourth-order valence-electron chi connectivity index (χ4n) is 6.00. The molecular formula is C36H23N.